The molecule has 1 aromatic rings. The van der Waals surface area contributed by atoms with Gasteiger partial charge in [-0.2, -0.15) is 0 Å². The maximum atomic E-state index is 14.0. The van der Waals surface area contributed by atoms with Crippen LogP contribution in [0.3, 0.4) is 0 Å². The summed E-state index contributed by atoms with van der Waals surface area (Å²) in [7, 11) is -2.24. The maximum absolute atomic E-state index is 14.0. The van der Waals surface area contributed by atoms with Crippen molar-refractivity contribution in [2.75, 3.05) is 7.11 Å². The molecule has 1 amide bonds. The van der Waals surface area contributed by atoms with Crippen molar-refractivity contribution in [2.45, 2.75) is 36.9 Å². The number of benzene rings is 1. The number of hydrogen-bond donors (Lipinski definition) is 1. The number of carbonyl (C=O) groups is 1. The molecule has 3 rings (SSSR count). The number of ether oxygens (including phenoxy) is 1. The van der Waals surface area contributed by atoms with Gasteiger partial charge in [0.2, 0.25) is 10.0 Å². The molecule has 0 aromatic heterocycles. The predicted octanol–water partition coefficient (Wildman–Crippen LogP) is 1.93. The van der Waals surface area contributed by atoms with Gasteiger partial charge >= 0.3 is 0 Å². The Kier molecular flexibility index (Phi) is 3.39. The first kappa shape index (κ1) is 14.3. The van der Waals surface area contributed by atoms with Crippen molar-refractivity contribution in [1.29, 1.82) is 0 Å². The second-order valence-electron chi connectivity index (χ2n) is 5.52. The van der Waals surface area contributed by atoms with E-state index < -0.39 is 27.0 Å². The fraction of sp³-hybridized carbons (Fsp3) is 0.500. The molecule has 0 atom stereocenters. The number of nitrogens with one attached hydrogen (secondary N) is 1. The van der Waals surface area contributed by atoms with Crippen LogP contribution in [0, 0.1) is 5.82 Å². The van der Waals surface area contributed by atoms with Crippen LogP contribution in [0.5, 0.6) is 5.75 Å². The summed E-state index contributed by atoms with van der Waals surface area (Å²) in [4.78, 5) is 12.0. The van der Waals surface area contributed by atoms with Gasteiger partial charge in [-0.05, 0) is 43.2 Å². The summed E-state index contributed by atoms with van der Waals surface area (Å²) in [6.07, 6.45) is 3.01. The van der Waals surface area contributed by atoms with E-state index in [0.29, 0.717) is 18.6 Å². The minimum absolute atomic E-state index is 0.248. The van der Waals surface area contributed by atoms with Crippen molar-refractivity contribution < 1.29 is 22.3 Å². The zero-order chi connectivity index (χ0) is 15.2. The molecule has 0 spiro atoms. The molecule has 5 nitrogen and oxygen atoms in total. The van der Waals surface area contributed by atoms with Crippen molar-refractivity contribution in [3.63, 3.8) is 0 Å². The minimum atomic E-state index is -3.68. The van der Waals surface area contributed by atoms with Crippen molar-refractivity contribution in [2.24, 2.45) is 0 Å². The van der Waals surface area contributed by atoms with Crippen LogP contribution in [-0.2, 0) is 10.0 Å². The summed E-state index contributed by atoms with van der Waals surface area (Å²) < 4.78 is 44.6. The lowest BCUT2D eigenvalue weighted by molar-refractivity contribution is 0.0977. The predicted molar refractivity (Wildman–Crippen MR) is 74.3 cm³/mol. The van der Waals surface area contributed by atoms with Gasteiger partial charge in [-0.1, -0.05) is 0 Å². The van der Waals surface area contributed by atoms with Crippen LogP contribution in [0.2, 0.25) is 0 Å². The quantitative estimate of drug-likeness (QED) is 0.901. The molecule has 21 heavy (non-hydrogen) atoms. The van der Waals surface area contributed by atoms with Gasteiger partial charge in [0.05, 0.1) is 17.9 Å². The van der Waals surface area contributed by atoms with Crippen molar-refractivity contribution >= 4 is 15.9 Å². The number of carbonyl (C=O) groups excluding carboxylic acids is 1. The fourth-order valence-electron chi connectivity index (χ4n) is 2.28. The molecule has 2 saturated carbocycles. The molecule has 0 saturated heterocycles. The Labute approximate surface area is 122 Å². The SMILES string of the molecule is COc1cc(F)c(C(=O)NS(=O)(=O)C2CC2)cc1C1CC1. The van der Waals surface area contributed by atoms with Gasteiger partial charge in [0.1, 0.15) is 11.6 Å². The molecular formula is C14H16FNO4S. The Morgan fingerprint density at radius 2 is 1.95 bits per heavy atom. The molecule has 0 bridgehead atoms. The molecule has 1 N–H and O–H groups in total. The monoisotopic (exact) mass is 313 g/mol. The molecule has 0 aliphatic heterocycles. The Balaban J connectivity index is 1.90. The van der Waals surface area contributed by atoms with Crippen LogP contribution in [0.15, 0.2) is 12.1 Å². The van der Waals surface area contributed by atoms with Crippen LogP contribution >= 0.6 is 0 Å². The Bertz CT molecular complexity index is 693. The Morgan fingerprint density at radius 1 is 1.29 bits per heavy atom. The molecule has 2 aliphatic rings. The summed E-state index contributed by atoms with van der Waals surface area (Å²) in [5.74, 6) is -1.03. The van der Waals surface area contributed by atoms with E-state index in [9.17, 15) is 17.6 Å². The number of hydrogen-bond acceptors (Lipinski definition) is 4. The lowest BCUT2D eigenvalue weighted by Crippen LogP contribution is -2.33. The summed E-state index contributed by atoms with van der Waals surface area (Å²) in [6, 6.07) is 2.55. The lowest BCUT2D eigenvalue weighted by Gasteiger charge is -2.12. The summed E-state index contributed by atoms with van der Waals surface area (Å²) in [6.45, 7) is 0. The highest BCUT2D eigenvalue weighted by Gasteiger charge is 2.37. The van der Waals surface area contributed by atoms with E-state index in [1.165, 1.54) is 13.2 Å². The zero-order valence-corrected chi connectivity index (χ0v) is 12.4. The van der Waals surface area contributed by atoms with Gasteiger partial charge in [-0.25, -0.2) is 17.5 Å². The standard InChI is InChI=1S/C14H16FNO4S/c1-20-13-7-12(15)11(6-10(13)8-2-3-8)14(17)16-21(18,19)9-4-5-9/h6-9H,2-5H2,1H3,(H,16,17). The smallest absolute Gasteiger partial charge is 0.267 e. The summed E-state index contributed by atoms with van der Waals surface area (Å²) in [5, 5.41) is -0.523. The van der Waals surface area contributed by atoms with Crippen molar-refractivity contribution in [3.8, 4) is 5.75 Å². The molecule has 2 aliphatic carbocycles. The number of methoxy groups -OCH3 is 1. The van der Waals surface area contributed by atoms with Gasteiger partial charge in [-0.15, -0.1) is 0 Å². The number of sulfonamides is 1. The Morgan fingerprint density at radius 3 is 2.48 bits per heavy atom. The van der Waals surface area contributed by atoms with E-state index in [2.05, 4.69) is 0 Å². The molecule has 0 radical (unpaired) electrons. The minimum Gasteiger partial charge on any atom is -0.496 e. The first-order valence-electron chi connectivity index (χ1n) is 6.86. The summed E-state index contributed by atoms with van der Waals surface area (Å²) in [5.41, 5.74) is 0.509. The van der Waals surface area contributed by atoms with E-state index in [0.717, 1.165) is 24.5 Å². The molecular weight excluding hydrogens is 297 g/mol. The molecule has 7 heteroatoms. The molecule has 2 fully saturated rings. The normalized spacial score (nSPS) is 18.4. The third-order valence-corrected chi connectivity index (χ3v) is 5.60. The highest BCUT2D eigenvalue weighted by atomic mass is 32.2. The second kappa shape index (κ2) is 4.98. The topological polar surface area (TPSA) is 72.5 Å². The number of amides is 1. The van der Waals surface area contributed by atoms with E-state index in [4.69, 9.17) is 4.74 Å². The zero-order valence-electron chi connectivity index (χ0n) is 11.6. The molecule has 0 unspecified atom stereocenters. The van der Waals surface area contributed by atoms with Gasteiger partial charge in [0.15, 0.2) is 0 Å². The largest absolute Gasteiger partial charge is 0.496 e. The van der Waals surface area contributed by atoms with E-state index in [1.807, 2.05) is 4.72 Å². The van der Waals surface area contributed by atoms with E-state index in [-0.39, 0.29) is 11.5 Å². The first-order chi connectivity index (χ1) is 9.92. The maximum Gasteiger partial charge on any atom is 0.267 e. The second-order valence-corrected chi connectivity index (χ2v) is 7.48. The van der Waals surface area contributed by atoms with E-state index >= 15 is 0 Å². The molecule has 114 valence electrons. The third kappa shape index (κ3) is 2.88. The van der Waals surface area contributed by atoms with Crippen LogP contribution in [-0.4, -0.2) is 26.7 Å². The highest BCUT2D eigenvalue weighted by molar-refractivity contribution is 7.91. The number of rotatable bonds is 5. The van der Waals surface area contributed by atoms with Gasteiger partial charge in [0, 0.05) is 6.07 Å². The van der Waals surface area contributed by atoms with E-state index in [1.54, 1.807) is 0 Å². The van der Waals surface area contributed by atoms with Crippen LogP contribution in [0.25, 0.3) is 0 Å². The van der Waals surface area contributed by atoms with Crippen molar-refractivity contribution in [3.05, 3.63) is 29.1 Å². The fourth-order valence-corrected chi connectivity index (χ4v) is 3.57. The van der Waals surface area contributed by atoms with Gasteiger partial charge in [0.25, 0.3) is 5.91 Å². The van der Waals surface area contributed by atoms with Crippen LogP contribution < -0.4 is 9.46 Å². The van der Waals surface area contributed by atoms with Crippen LogP contribution in [0.1, 0.15) is 47.5 Å². The highest BCUT2D eigenvalue weighted by Crippen LogP contribution is 2.45. The molecule has 0 heterocycles. The van der Waals surface area contributed by atoms with Gasteiger partial charge in [-0.3, -0.25) is 4.79 Å². The first-order valence-corrected chi connectivity index (χ1v) is 8.40. The molecule has 1 aromatic carbocycles. The van der Waals surface area contributed by atoms with Gasteiger partial charge < -0.3 is 4.74 Å². The average Bonchev–Trinajstić information content (AvgIpc) is 3.29. The number of halogens is 1. The summed E-state index contributed by atoms with van der Waals surface area (Å²) >= 11 is 0. The van der Waals surface area contributed by atoms with Crippen LogP contribution in [0.4, 0.5) is 4.39 Å². The third-order valence-electron chi connectivity index (χ3n) is 3.78. The van der Waals surface area contributed by atoms with Crippen molar-refractivity contribution in [1.82, 2.24) is 4.72 Å². The average molecular weight is 313 g/mol. The Hall–Kier alpha value is -1.63. The lowest BCUT2D eigenvalue weighted by atomic mass is 10.0.